The van der Waals surface area contributed by atoms with Gasteiger partial charge in [-0.1, -0.05) is 30.3 Å². The summed E-state index contributed by atoms with van der Waals surface area (Å²) in [6.07, 6.45) is -4.01. The van der Waals surface area contributed by atoms with Crippen LogP contribution in [0.2, 0.25) is 5.02 Å². The molecule has 10 heteroatoms. The Balaban J connectivity index is 2.07. The van der Waals surface area contributed by atoms with Crippen LogP contribution in [0.15, 0.2) is 28.2 Å². The molecule has 1 heterocycles. The van der Waals surface area contributed by atoms with Crippen LogP contribution in [0.25, 0.3) is 0 Å². The number of thioether (sulfide) groups is 1. The Bertz CT molecular complexity index is 884. The molecule has 1 aromatic carbocycles. The summed E-state index contributed by atoms with van der Waals surface area (Å²) in [6, 6.07) is 2.67. The zero-order chi connectivity index (χ0) is 19.5. The number of carbonyl (C=O) groups excluding carboxylic acids is 1. The molecule has 140 valence electrons. The van der Waals surface area contributed by atoms with E-state index >= 15 is 0 Å². The molecule has 0 aliphatic heterocycles. The third-order valence-electron chi connectivity index (χ3n) is 3.46. The van der Waals surface area contributed by atoms with Gasteiger partial charge in [-0.25, -0.2) is 4.98 Å². The lowest BCUT2D eigenvalue weighted by atomic mass is 10.2. The largest absolute Gasteiger partial charge is 0.416 e. The molecular formula is C16H15ClF3N3O2S. The molecule has 1 aromatic heterocycles. The predicted octanol–water partition coefficient (Wildman–Crippen LogP) is 4.04. The number of anilines is 1. The molecular weight excluding hydrogens is 391 g/mol. The van der Waals surface area contributed by atoms with Gasteiger partial charge in [0.1, 0.15) is 0 Å². The second-order valence-corrected chi connectivity index (χ2v) is 6.69. The highest BCUT2D eigenvalue weighted by atomic mass is 35.5. The van der Waals surface area contributed by atoms with Crippen LogP contribution in [-0.4, -0.2) is 21.6 Å². The van der Waals surface area contributed by atoms with Crippen molar-refractivity contribution in [1.29, 1.82) is 0 Å². The van der Waals surface area contributed by atoms with Crippen molar-refractivity contribution >= 4 is 35.0 Å². The van der Waals surface area contributed by atoms with Gasteiger partial charge in [0.05, 0.1) is 22.0 Å². The van der Waals surface area contributed by atoms with Crippen LogP contribution in [0.4, 0.5) is 18.9 Å². The number of aromatic nitrogens is 2. The Morgan fingerprint density at radius 3 is 2.65 bits per heavy atom. The number of aryl methyl sites for hydroxylation is 1. The van der Waals surface area contributed by atoms with E-state index in [1.807, 2.05) is 6.92 Å². The maximum absolute atomic E-state index is 12.7. The standard InChI is InChI=1S/C16H15ClF3N3O2S/c1-3-10-8(2)21-15(23-14(10)25)26-7-13(24)22-12-6-9(16(18,19)20)4-5-11(12)17/h4-6H,3,7H2,1-2H3,(H,22,24)(H,21,23,25). The molecule has 0 atom stereocenters. The van der Waals surface area contributed by atoms with E-state index in [-0.39, 0.29) is 27.2 Å². The number of nitrogens with one attached hydrogen (secondary N) is 2. The number of carbonyl (C=O) groups is 1. The third kappa shape index (κ3) is 5.01. The second kappa shape index (κ2) is 8.13. The Hall–Kier alpha value is -2.00. The molecule has 1 amide bonds. The zero-order valence-corrected chi connectivity index (χ0v) is 15.4. The minimum Gasteiger partial charge on any atom is -0.324 e. The van der Waals surface area contributed by atoms with E-state index in [1.165, 1.54) is 0 Å². The molecule has 0 aliphatic carbocycles. The number of alkyl halides is 3. The van der Waals surface area contributed by atoms with Crippen molar-refractivity contribution in [2.75, 3.05) is 11.1 Å². The zero-order valence-electron chi connectivity index (χ0n) is 13.8. The van der Waals surface area contributed by atoms with Crippen LogP contribution >= 0.6 is 23.4 Å². The Kier molecular flexibility index (Phi) is 6.35. The van der Waals surface area contributed by atoms with E-state index in [4.69, 9.17) is 11.6 Å². The van der Waals surface area contributed by atoms with Crippen molar-refractivity contribution in [2.24, 2.45) is 0 Å². The predicted molar refractivity (Wildman–Crippen MR) is 94.8 cm³/mol. The SMILES string of the molecule is CCc1c(C)nc(SCC(=O)Nc2cc(C(F)(F)F)ccc2Cl)[nH]c1=O. The lowest BCUT2D eigenvalue weighted by Gasteiger charge is -2.11. The molecule has 0 spiro atoms. The van der Waals surface area contributed by atoms with Crippen molar-refractivity contribution in [3.05, 3.63) is 50.4 Å². The number of halogens is 4. The van der Waals surface area contributed by atoms with Crippen LogP contribution < -0.4 is 10.9 Å². The summed E-state index contributed by atoms with van der Waals surface area (Å²) in [5.41, 5.74) is -0.189. The summed E-state index contributed by atoms with van der Waals surface area (Å²) < 4.78 is 38.2. The highest BCUT2D eigenvalue weighted by molar-refractivity contribution is 7.99. The summed E-state index contributed by atoms with van der Waals surface area (Å²) in [5, 5.41) is 2.58. The summed E-state index contributed by atoms with van der Waals surface area (Å²) >= 11 is 6.80. The van der Waals surface area contributed by atoms with Crippen molar-refractivity contribution in [2.45, 2.75) is 31.6 Å². The lowest BCUT2D eigenvalue weighted by Crippen LogP contribution is -2.18. The Morgan fingerprint density at radius 2 is 2.08 bits per heavy atom. The molecule has 0 bridgehead atoms. The quantitative estimate of drug-likeness (QED) is 0.581. The van der Waals surface area contributed by atoms with E-state index in [1.54, 1.807) is 6.92 Å². The van der Waals surface area contributed by atoms with Crippen LogP contribution in [0.5, 0.6) is 0 Å². The number of H-pyrrole nitrogens is 1. The summed E-state index contributed by atoms with van der Waals surface area (Å²) in [7, 11) is 0. The fourth-order valence-electron chi connectivity index (χ4n) is 2.19. The van der Waals surface area contributed by atoms with Gasteiger partial charge in [-0.2, -0.15) is 13.2 Å². The van der Waals surface area contributed by atoms with E-state index in [9.17, 15) is 22.8 Å². The van der Waals surface area contributed by atoms with Crippen molar-refractivity contribution in [3.8, 4) is 0 Å². The molecule has 26 heavy (non-hydrogen) atoms. The van der Waals surface area contributed by atoms with Gasteiger partial charge in [-0.15, -0.1) is 0 Å². The molecule has 0 radical (unpaired) electrons. The first-order valence-corrected chi connectivity index (χ1v) is 8.87. The van der Waals surface area contributed by atoms with Gasteiger partial charge in [0, 0.05) is 11.3 Å². The van der Waals surface area contributed by atoms with E-state index < -0.39 is 17.6 Å². The highest BCUT2D eigenvalue weighted by Crippen LogP contribution is 2.33. The summed E-state index contributed by atoms with van der Waals surface area (Å²) in [4.78, 5) is 30.6. The van der Waals surface area contributed by atoms with Crippen LogP contribution in [-0.2, 0) is 17.4 Å². The highest BCUT2D eigenvalue weighted by Gasteiger charge is 2.31. The van der Waals surface area contributed by atoms with Crippen molar-refractivity contribution in [3.63, 3.8) is 0 Å². The average Bonchev–Trinajstić information content (AvgIpc) is 2.53. The first kappa shape index (κ1) is 20.3. The molecule has 2 N–H and O–H groups in total. The van der Waals surface area contributed by atoms with E-state index in [0.29, 0.717) is 17.7 Å². The van der Waals surface area contributed by atoms with Crippen molar-refractivity contribution in [1.82, 2.24) is 9.97 Å². The molecule has 0 aliphatic rings. The summed E-state index contributed by atoms with van der Waals surface area (Å²) in [6.45, 7) is 3.53. The summed E-state index contributed by atoms with van der Waals surface area (Å²) in [5.74, 6) is -0.725. The van der Waals surface area contributed by atoms with Gasteiger partial charge in [0.15, 0.2) is 5.16 Å². The maximum Gasteiger partial charge on any atom is 0.416 e. The smallest absolute Gasteiger partial charge is 0.324 e. The van der Waals surface area contributed by atoms with Crippen LogP contribution in [0, 0.1) is 6.92 Å². The first-order valence-electron chi connectivity index (χ1n) is 7.51. The van der Waals surface area contributed by atoms with Gasteiger partial charge >= 0.3 is 6.18 Å². The molecule has 0 fully saturated rings. The van der Waals surface area contributed by atoms with Gasteiger partial charge in [-0.05, 0) is 31.5 Å². The molecule has 0 saturated heterocycles. The van der Waals surface area contributed by atoms with E-state index in [0.717, 1.165) is 30.0 Å². The van der Waals surface area contributed by atoms with E-state index in [2.05, 4.69) is 15.3 Å². The number of benzene rings is 1. The number of hydrogen-bond donors (Lipinski definition) is 2. The average molecular weight is 406 g/mol. The number of nitrogens with zero attached hydrogens (tertiary/aromatic N) is 1. The molecule has 0 unspecified atom stereocenters. The Morgan fingerprint density at radius 1 is 1.38 bits per heavy atom. The fraction of sp³-hybridized carbons (Fsp3) is 0.312. The lowest BCUT2D eigenvalue weighted by molar-refractivity contribution is -0.137. The van der Waals surface area contributed by atoms with Gasteiger partial charge < -0.3 is 10.3 Å². The molecule has 5 nitrogen and oxygen atoms in total. The van der Waals surface area contributed by atoms with Gasteiger partial charge in [0.25, 0.3) is 5.56 Å². The second-order valence-electron chi connectivity index (χ2n) is 5.32. The number of hydrogen-bond acceptors (Lipinski definition) is 4. The molecule has 0 saturated carbocycles. The normalized spacial score (nSPS) is 11.5. The Labute approximate surface area is 156 Å². The minimum absolute atomic E-state index is 0.00831. The fourth-order valence-corrected chi connectivity index (χ4v) is 3.06. The third-order valence-corrected chi connectivity index (χ3v) is 4.66. The topological polar surface area (TPSA) is 74.8 Å². The number of aromatic amines is 1. The van der Waals surface area contributed by atoms with Gasteiger partial charge in [0.2, 0.25) is 5.91 Å². The minimum atomic E-state index is -4.54. The van der Waals surface area contributed by atoms with Crippen molar-refractivity contribution < 1.29 is 18.0 Å². The monoisotopic (exact) mass is 405 g/mol. The molecule has 2 aromatic rings. The van der Waals surface area contributed by atoms with Crippen LogP contribution in [0.1, 0.15) is 23.7 Å². The number of rotatable bonds is 5. The number of amides is 1. The van der Waals surface area contributed by atoms with Crippen LogP contribution in [0.3, 0.4) is 0 Å². The van der Waals surface area contributed by atoms with Gasteiger partial charge in [-0.3, -0.25) is 9.59 Å². The molecule has 2 rings (SSSR count). The first-order chi connectivity index (χ1) is 12.1. The maximum atomic E-state index is 12.7.